The van der Waals surface area contributed by atoms with Gasteiger partial charge in [-0.2, -0.15) is 0 Å². The second kappa shape index (κ2) is 6.82. The van der Waals surface area contributed by atoms with Crippen molar-refractivity contribution in [3.8, 4) is 11.3 Å². The number of nitrogens with one attached hydrogen (secondary N) is 1. The van der Waals surface area contributed by atoms with Crippen LogP contribution in [0.2, 0.25) is 0 Å². The molecular weight excluding hydrogens is 392 g/mol. The molecule has 0 saturated heterocycles. The van der Waals surface area contributed by atoms with E-state index in [-0.39, 0.29) is 9.79 Å². The quantitative estimate of drug-likeness (QED) is 0.699. The molecule has 1 N–H and O–H groups in total. The van der Waals surface area contributed by atoms with Gasteiger partial charge < -0.3 is 0 Å². The molecule has 0 radical (unpaired) electrons. The van der Waals surface area contributed by atoms with Gasteiger partial charge in [-0.05, 0) is 37.3 Å². The summed E-state index contributed by atoms with van der Waals surface area (Å²) in [5.74, 6) is 0. The van der Waals surface area contributed by atoms with Crippen LogP contribution in [0.5, 0.6) is 0 Å². The molecule has 26 heavy (non-hydrogen) atoms. The molecule has 3 rings (SSSR count). The molecule has 0 aliphatic rings. The van der Waals surface area contributed by atoms with Crippen LogP contribution in [0.15, 0.2) is 63.7 Å². The van der Waals surface area contributed by atoms with Gasteiger partial charge in [0.05, 0.1) is 20.5 Å². The SMILES string of the molecule is Cc1nc(-c2ccc(NS(=O)(=O)c3cccc(S(C)(=O)=O)c3)cc2)cs1. The van der Waals surface area contributed by atoms with E-state index in [1.54, 1.807) is 35.6 Å². The molecule has 0 spiro atoms. The normalized spacial score (nSPS) is 12.1. The summed E-state index contributed by atoms with van der Waals surface area (Å²) in [5, 5.41) is 2.89. The van der Waals surface area contributed by atoms with Gasteiger partial charge in [0.25, 0.3) is 10.0 Å². The third kappa shape index (κ3) is 4.12. The molecule has 0 saturated carbocycles. The lowest BCUT2D eigenvalue weighted by molar-refractivity contribution is 0.599. The largest absolute Gasteiger partial charge is 0.280 e. The Balaban J connectivity index is 1.86. The first-order valence-corrected chi connectivity index (χ1v) is 11.8. The highest BCUT2D eigenvalue weighted by atomic mass is 32.2. The number of thiazole rings is 1. The van der Waals surface area contributed by atoms with E-state index in [2.05, 4.69) is 9.71 Å². The summed E-state index contributed by atoms with van der Waals surface area (Å²) in [6.45, 7) is 1.92. The van der Waals surface area contributed by atoms with Gasteiger partial charge in [0, 0.05) is 22.9 Å². The predicted octanol–water partition coefficient (Wildman–Crippen LogP) is 3.32. The summed E-state index contributed by atoms with van der Waals surface area (Å²) in [4.78, 5) is 4.23. The number of rotatable bonds is 5. The molecule has 0 aliphatic carbocycles. The van der Waals surface area contributed by atoms with Gasteiger partial charge in [-0.15, -0.1) is 11.3 Å². The molecule has 0 atom stereocenters. The number of nitrogens with zero attached hydrogens (tertiary/aromatic N) is 1. The Morgan fingerprint density at radius 1 is 0.962 bits per heavy atom. The minimum atomic E-state index is -3.90. The van der Waals surface area contributed by atoms with Crippen molar-refractivity contribution in [2.45, 2.75) is 16.7 Å². The molecular formula is C17H16N2O4S3. The molecule has 2 aromatic carbocycles. The number of benzene rings is 2. The van der Waals surface area contributed by atoms with Gasteiger partial charge in [-0.3, -0.25) is 4.72 Å². The third-order valence-electron chi connectivity index (χ3n) is 3.60. The molecule has 9 heteroatoms. The average molecular weight is 409 g/mol. The van der Waals surface area contributed by atoms with Gasteiger partial charge in [-0.25, -0.2) is 21.8 Å². The molecule has 6 nitrogen and oxygen atoms in total. The number of hydrogen-bond acceptors (Lipinski definition) is 6. The Hall–Kier alpha value is -2.23. The maximum absolute atomic E-state index is 12.5. The van der Waals surface area contributed by atoms with E-state index in [0.717, 1.165) is 28.6 Å². The van der Waals surface area contributed by atoms with Crippen LogP contribution in [0.3, 0.4) is 0 Å². The molecule has 0 fully saturated rings. The molecule has 1 aromatic heterocycles. The molecule has 1 heterocycles. The van der Waals surface area contributed by atoms with E-state index < -0.39 is 19.9 Å². The molecule has 0 aliphatic heterocycles. The lowest BCUT2D eigenvalue weighted by Gasteiger charge is -2.09. The van der Waals surface area contributed by atoms with Crippen molar-refractivity contribution in [3.63, 3.8) is 0 Å². The summed E-state index contributed by atoms with van der Waals surface area (Å²) in [5.41, 5.74) is 2.10. The molecule has 136 valence electrons. The zero-order chi connectivity index (χ0) is 18.9. The zero-order valence-electron chi connectivity index (χ0n) is 14.0. The Bertz CT molecular complexity index is 1150. The van der Waals surface area contributed by atoms with E-state index in [9.17, 15) is 16.8 Å². The molecule has 0 amide bonds. The van der Waals surface area contributed by atoms with Gasteiger partial charge >= 0.3 is 0 Å². The van der Waals surface area contributed by atoms with Crippen LogP contribution in [-0.2, 0) is 19.9 Å². The Labute approximate surface area is 156 Å². The smallest absolute Gasteiger partial charge is 0.261 e. The Morgan fingerprint density at radius 3 is 2.19 bits per heavy atom. The second-order valence-corrected chi connectivity index (χ2v) is 10.4. The number of aryl methyl sites for hydroxylation is 1. The highest BCUT2D eigenvalue weighted by Gasteiger charge is 2.17. The fourth-order valence-electron chi connectivity index (χ4n) is 2.29. The van der Waals surface area contributed by atoms with Crippen LogP contribution in [-0.4, -0.2) is 28.1 Å². The van der Waals surface area contributed by atoms with E-state index in [4.69, 9.17) is 0 Å². The second-order valence-electron chi connectivity index (χ2n) is 5.68. The molecule has 0 unspecified atom stereocenters. The number of aromatic nitrogens is 1. The van der Waals surface area contributed by atoms with Crippen LogP contribution in [0, 0.1) is 6.92 Å². The van der Waals surface area contributed by atoms with Crippen LogP contribution in [0.25, 0.3) is 11.3 Å². The number of sulfonamides is 1. The first kappa shape index (κ1) is 18.6. The third-order valence-corrected chi connectivity index (χ3v) is 6.86. The highest BCUT2D eigenvalue weighted by Crippen LogP contribution is 2.24. The van der Waals surface area contributed by atoms with Gasteiger partial charge in [0.15, 0.2) is 9.84 Å². The van der Waals surface area contributed by atoms with Crippen LogP contribution in [0.4, 0.5) is 5.69 Å². The van der Waals surface area contributed by atoms with Crippen LogP contribution in [0.1, 0.15) is 5.01 Å². The Morgan fingerprint density at radius 2 is 1.62 bits per heavy atom. The first-order chi connectivity index (χ1) is 12.1. The fraction of sp³-hybridized carbons (Fsp3) is 0.118. The monoisotopic (exact) mass is 408 g/mol. The van der Waals surface area contributed by atoms with Crippen molar-refractivity contribution in [3.05, 3.63) is 58.9 Å². The van der Waals surface area contributed by atoms with E-state index in [0.29, 0.717) is 5.69 Å². The van der Waals surface area contributed by atoms with Crippen molar-refractivity contribution in [1.29, 1.82) is 0 Å². The highest BCUT2D eigenvalue weighted by molar-refractivity contribution is 7.93. The van der Waals surface area contributed by atoms with Crippen LogP contribution < -0.4 is 4.72 Å². The summed E-state index contributed by atoms with van der Waals surface area (Å²) in [6.07, 6.45) is 1.03. The number of hydrogen-bond donors (Lipinski definition) is 1. The standard InChI is InChI=1S/C17H16N2O4S3/c1-12-18-17(11-24-12)13-6-8-14(9-7-13)19-26(22,23)16-5-3-4-15(10-16)25(2,20)21/h3-11,19H,1-2H3. The van der Waals surface area contributed by atoms with Crippen molar-refractivity contribution in [2.24, 2.45) is 0 Å². The first-order valence-electron chi connectivity index (χ1n) is 7.51. The molecule has 3 aromatic rings. The van der Waals surface area contributed by atoms with E-state index in [1.165, 1.54) is 18.2 Å². The number of sulfone groups is 1. The number of anilines is 1. The van der Waals surface area contributed by atoms with Crippen molar-refractivity contribution < 1.29 is 16.8 Å². The van der Waals surface area contributed by atoms with Gasteiger partial charge in [-0.1, -0.05) is 18.2 Å². The maximum Gasteiger partial charge on any atom is 0.261 e. The minimum Gasteiger partial charge on any atom is -0.280 e. The van der Waals surface area contributed by atoms with E-state index in [1.807, 2.05) is 12.3 Å². The average Bonchev–Trinajstić information content (AvgIpc) is 3.01. The van der Waals surface area contributed by atoms with Crippen molar-refractivity contribution in [1.82, 2.24) is 4.98 Å². The lowest BCUT2D eigenvalue weighted by Crippen LogP contribution is -2.13. The fourth-order valence-corrected chi connectivity index (χ4v) is 4.76. The van der Waals surface area contributed by atoms with Crippen molar-refractivity contribution in [2.75, 3.05) is 11.0 Å². The zero-order valence-corrected chi connectivity index (χ0v) is 16.5. The molecule has 0 bridgehead atoms. The lowest BCUT2D eigenvalue weighted by atomic mass is 10.1. The summed E-state index contributed by atoms with van der Waals surface area (Å²) >= 11 is 1.54. The minimum absolute atomic E-state index is 0.0466. The van der Waals surface area contributed by atoms with Crippen molar-refractivity contribution >= 4 is 36.9 Å². The summed E-state index contributed by atoms with van der Waals surface area (Å²) in [7, 11) is -7.39. The van der Waals surface area contributed by atoms with Gasteiger partial charge in [0.1, 0.15) is 0 Å². The predicted molar refractivity (Wildman–Crippen MR) is 103 cm³/mol. The summed E-state index contributed by atoms with van der Waals surface area (Å²) < 4.78 is 50.7. The Kier molecular flexibility index (Phi) is 4.87. The van der Waals surface area contributed by atoms with Crippen LogP contribution >= 0.6 is 11.3 Å². The maximum atomic E-state index is 12.5. The van der Waals surface area contributed by atoms with Gasteiger partial charge in [0.2, 0.25) is 0 Å². The topological polar surface area (TPSA) is 93.2 Å². The summed E-state index contributed by atoms with van der Waals surface area (Å²) in [6, 6.07) is 12.1. The van der Waals surface area contributed by atoms with E-state index >= 15 is 0 Å².